The lowest BCUT2D eigenvalue weighted by molar-refractivity contribution is 0.181. The van der Waals surface area contributed by atoms with Gasteiger partial charge in [0.15, 0.2) is 5.90 Å². The molecule has 12 heavy (non-hydrogen) atoms. The van der Waals surface area contributed by atoms with Crippen molar-refractivity contribution >= 4 is 5.90 Å². The van der Waals surface area contributed by atoms with Gasteiger partial charge in [-0.1, -0.05) is 20.8 Å². The van der Waals surface area contributed by atoms with Crippen molar-refractivity contribution in [3.05, 3.63) is 0 Å². The van der Waals surface area contributed by atoms with Crippen molar-refractivity contribution in [3.8, 4) is 0 Å². The first-order valence-corrected chi connectivity index (χ1v) is 5.05. The summed E-state index contributed by atoms with van der Waals surface area (Å²) in [6, 6.07) is 0.427. The second-order valence-electron chi connectivity index (χ2n) is 3.31. The predicted octanol–water partition coefficient (Wildman–Crippen LogP) is 2.77. The van der Waals surface area contributed by atoms with Gasteiger partial charge in [0, 0.05) is 6.42 Å². The van der Waals surface area contributed by atoms with Gasteiger partial charge in [-0.25, -0.2) is 4.99 Å². The van der Waals surface area contributed by atoms with E-state index < -0.39 is 0 Å². The van der Waals surface area contributed by atoms with Crippen molar-refractivity contribution in [1.29, 1.82) is 0 Å². The Labute approximate surface area is 75.0 Å². The monoisotopic (exact) mass is 169 g/mol. The van der Waals surface area contributed by atoms with Crippen LogP contribution < -0.4 is 0 Å². The number of hydrogen-bond donors (Lipinski definition) is 0. The molecule has 0 fully saturated rings. The number of hydrogen-bond acceptors (Lipinski definition) is 2. The Balaban J connectivity index is 2.48. The molecule has 0 saturated heterocycles. The molecule has 0 saturated carbocycles. The maximum Gasteiger partial charge on any atom is 0.183 e. The summed E-state index contributed by atoms with van der Waals surface area (Å²) in [6.45, 7) is 6.50. The molecule has 0 radical (unpaired) electrons. The van der Waals surface area contributed by atoms with Gasteiger partial charge in [0.2, 0.25) is 0 Å². The van der Waals surface area contributed by atoms with E-state index in [0.717, 1.165) is 31.6 Å². The van der Waals surface area contributed by atoms with E-state index in [0.29, 0.717) is 12.1 Å². The van der Waals surface area contributed by atoms with Gasteiger partial charge in [-0.2, -0.15) is 0 Å². The minimum absolute atomic E-state index is 0.358. The Kier molecular flexibility index (Phi) is 3.57. The average Bonchev–Trinajstić information content (AvgIpc) is 2.48. The van der Waals surface area contributed by atoms with E-state index in [1.165, 1.54) is 0 Å². The number of nitrogens with zero attached hydrogens (tertiary/aromatic N) is 1. The standard InChI is InChI=1S/C10H19NO/c1-4-7-10-11-8(5-2)9(6-3)12-10/h8-9H,4-7H2,1-3H3. The maximum atomic E-state index is 5.70. The molecule has 0 N–H and O–H groups in total. The van der Waals surface area contributed by atoms with Crippen LogP contribution in [0.2, 0.25) is 0 Å². The van der Waals surface area contributed by atoms with E-state index in [1.54, 1.807) is 0 Å². The molecule has 1 aliphatic rings. The highest BCUT2D eigenvalue weighted by atomic mass is 16.5. The summed E-state index contributed by atoms with van der Waals surface area (Å²) < 4.78 is 5.70. The Morgan fingerprint density at radius 3 is 2.42 bits per heavy atom. The van der Waals surface area contributed by atoms with Gasteiger partial charge in [0.25, 0.3) is 0 Å². The molecule has 2 atom stereocenters. The van der Waals surface area contributed by atoms with Gasteiger partial charge in [0.1, 0.15) is 6.10 Å². The van der Waals surface area contributed by atoms with Crippen molar-refractivity contribution < 1.29 is 4.74 Å². The summed E-state index contributed by atoms with van der Waals surface area (Å²) >= 11 is 0. The summed E-state index contributed by atoms with van der Waals surface area (Å²) in [4.78, 5) is 4.54. The zero-order valence-corrected chi connectivity index (χ0v) is 8.34. The van der Waals surface area contributed by atoms with Crippen molar-refractivity contribution in [2.24, 2.45) is 4.99 Å². The average molecular weight is 169 g/mol. The largest absolute Gasteiger partial charge is 0.475 e. The van der Waals surface area contributed by atoms with Crippen LogP contribution in [-0.4, -0.2) is 18.0 Å². The topological polar surface area (TPSA) is 21.6 Å². The molecule has 70 valence electrons. The van der Waals surface area contributed by atoms with Crippen LogP contribution in [0, 0.1) is 0 Å². The first-order valence-electron chi connectivity index (χ1n) is 5.05. The van der Waals surface area contributed by atoms with Crippen molar-refractivity contribution in [3.63, 3.8) is 0 Å². The molecule has 0 aromatic carbocycles. The van der Waals surface area contributed by atoms with Crippen molar-refractivity contribution in [2.45, 2.75) is 58.6 Å². The first-order chi connectivity index (χ1) is 5.81. The highest BCUT2D eigenvalue weighted by Crippen LogP contribution is 2.20. The van der Waals surface area contributed by atoms with E-state index in [1.807, 2.05) is 0 Å². The summed E-state index contributed by atoms with van der Waals surface area (Å²) in [5, 5.41) is 0. The fourth-order valence-corrected chi connectivity index (χ4v) is 1.60. The van der Waals surface area contributed by atoms with Gasteiger partial charge in [0.05, 0.1) is 6.04 Å². The quantitative estimate of drug-likeness (QED) is 0.634. The fraction of sp³-hybridized carbons (Fsp3) is 0.900. The van der Waals surface area contributed by atoms with Crippen molar-refractivity contribution in [1.82, 2.24) is 0 Å². The molecule has 2 heteroatoms. The first kappa shape index (κ1) is 9.56. The van der Waals surface area contributed by atoms with E-state index in [2.05, 4.69) is 25.8 Å². The lowest BCUT2D eigenvalue weighted by Gasteiger charge is -2.13. The molecule has 0 aromatic heterocycles. The van der Waals surface area contributed by atoms with E-state index >= 15 is 0 Å². The summed E-state index contributed by atoms with van der Waals surface area (Å²) in [5.41, 5.74) is 0. The fourth-order valence-electron chi connectivity index (χ4n) is 1.60. The van der Waals surface area contributed by atoms with Crippen LogP contribution >= 0.6 is 0 Å². The highest BCUT2D eigenvalue weighted by molar-refractivity contribution is 5.78. The highest BCUT2D eigenvalue weighted by Gasteiger charge is 2.26. The molecule has 0 bridgehead atoms. The molecular formula is C10H19NO. The molecule has 0 amide bonds. The van der Waals surface area contributed by atoms with Crippen LogP contribution in [-0.2, 0) is 4.74 Å². The maximum absolute atomic E-state index is 5.70. The SMILES string of the molecule is CCCC1=NC(CC)C(CC)O1. The molecular weight excluding hydrogens is 150 g/mol. The van der Waals surface area contributed by atoms with Gasteiger partial charge in [-0.05, 0) is 19.3 Å². The molecule has 1 rings (SSSR count). The van der Waals surface area contributed by atoms with Gasteiger partial charge < -0.3 is 4.74 Å². The summed E-state index contributed by atoms with van der Waals surface area (Å²) in [6.07, 6.45) is 4.68. The minimum atomic E-state index is 0.358. The van der Waals surface area contributed by atoms with E-state index in [4.69, 9.17) is 4.74 Å². The number of rotatable bonds is 4. The Morgan fingerprint density at radius 2 is 2.00 bits per heavy atom. The Bertz CT molecular complexity index is 165. The summed E-state index contributed by atoms with van der Waals surface area (Å²) in [5.74, 6) is 0.983. The van der Waals surface area contributed by atoms with E-state index in [-0.39, 0.29) is 0 Å². The zero-order chi connectivity index (χ0) is 8.97. The Hall–Kier alpha value is -0.530. The lowest BCUT2D eigenvalue weighted by atomic mass is 10.1. The molecule has 2 nitrogen and oxygen atoms in total. The molecule has 0 aromatic rings. The predicted molar refractivity (Wildman–Crippen MR) is 51.6 cm³/mol. The lowest BCUT2D eigenvalue weighted by Crippen LogP contribution is -2.20. The zero-order valence-electron chi connectivity index (χ0n) is 8.34. The van der Waals surface area contributed by atoms with Crippen LogP contribution in [0.3, 0.4) is 0 Å². The smallest absolute Gasteiger partial charge is 0.183 e. The van der Waals surface area contributed by atoms with Crippen LogP contribution in [0.25, 0.3) is 0 Å². The van der Waals surface area contributed by atoms with Crippen LogP contribution in [0.15, 0.2) is 4.99 Å². The molecule has 0 spiro atoms. The second-order valence-corrected chi connectivity index (χ2v) is 3.31. The van der Waals surface area contributed by atoms with Crippen LogP contribution in [0.1, 0.15) is 46.5 Å². The molecule has 2 unspecified atom stereocenters. The third-order valence-electron chi connectivity index (χ3n) is 2.31. The van der Waals surface area contributed by atoms with Gasteiger partial charge in [-0.15, -0.1) is 0 Å². The third kappa shape index (κ3) is 1.99. The molecule has 1 heterocycles. The Morgan fingerprint density at radius 1 is 1.25 bits per heavy atom. The van der Waals surface area contributed by atoms with Crippen molar-refractivity contribution in [2.75, 3.05) is 0 Å². The third-order valence-corrected chi connectivity index (χ3v) is 2.31. The van der Waals surface area contributed by atoms with Crippen LogP contribution in [0.4, 0.5) is 0 Å². The van der Waals surface area contributed by atoms with Gasteiger partial charge in [-0.3, -0.25) is 0 Å². The van der Waals surface area contributed by atoms with Crippen LogP contribution in [0.5, 0.6) is 0 Å². The number of aliphatic imine (C=N–C) groups is 1. The van der Waals surface area contributed by atoms with E-state index in [9.17, 15) is 0 Å². The number of ether oxygens (including phenoxy) is 1. The minimum Gasteiger partial charge on any atom is -0.475 e. The summed E-state index contributed by atoms with van der Waals surface area (Å²) in [7, 11) is 0. The second kappa shape index (κ2) is 4.48. The molecule has 1 aliphatic heterocycles. The molecule has 0 aliphatic carbocycles. The van der Waals surface area contributed by atoms with Gasteiger partial charge >= 0.3 is 0 Å². The normalized spacial score (nSPS) is 28.4.